The number of nitrogens with zero attached hydrogens (tertiary/aromatic N) is 1. The van der Waals surface area contributed by atoms with Gasteiger partial charge in [-0.25, -0.2) is 4.98 Å². The number of carboxylic acids is 1. The van der Waals surface area contributed by atoms with E-state index in [0.29, 0.717) is 18.1 Å². The van der Waals surface area contributed by atoms with Crippen LogP contribution >= 0.6 is 0 Å². The minimum absolute atomic E-state index is 0.00821. The van der Waals surface area contributed by atoms with Crippen molar-refractivity contribution in [3.63, 3.8) is 0 Å². The molecule has 8 heteroatoms. The van der Waals surface area contributed by atoms with Crippen molar-refractivity contribution in [3.8, 4) is 11.5 Å². The Kier molecular flexibility index (Phi) is 10.8. The predicted molar refractivity (Wildman–Crippen MR) is 164 cm³/mol. The maximum Gasteiger partial charge on any atom is 0.313 e. The number of aromatic nitrogens is 1. The van der Waals surface area contributed by atoms with E-state index in [0.717, 1.165) is 41.9 Å². The van der Waals surface area contributed by atoms with Gasteiger partial charge in [0.25, 0.3) is 0 Å². The maximum absolute atomic E-state index is 11.6. The standard InChI is InChI=1S/C33H47NO6Si/c1-22-27(37-6)18-26(19-28(22)38-7)31(40-41(8,9)33(3,4)5)25(17-13-16-24-14-11-10-12-15-24)20-30-34-21-29(39-30)23(2)32(35)36/h10-12,14-15,18-19,21,23,25,31H,13,16-17,20H2,1-9H3,(H,35,36)/t23?,25-,31?/m1/s1. The van der Waals surface area contributed by atoms with Gasteiger partial charge in [0.05, 0.1) is 26.5 Å². The molecule has 0 radical (unpaired) electrons. The zero-order valence-corrected chi connectivity index (χ0v) is 27.1. The van der Waals surface area contributed by atoms with Crippen molar-refractivity contribution in [2.24, 2.45) is 5.92 Å². The van der Waals surface area contributed by atoms with E-state index in [2.05, 4.69) is 75.2 Å². The predicted octanol–water partition coefficient (Wildman–Crippen LogP) is 8.13. The van der Waals surface area contributed by atoms with Crippen molar-refractivity contribution in [2.75, 3.05) is 14.2 Å². The summed E-state index contributed by atoms with van der Waals surface area (Å²) < 4.78 is 24.7. The summed E-state index contributed by atoms with van der Waals surface area (Å²) in [4.78, 5) is 16.1. The fourth-order valence-corrected chi connectivity index (χ4v) is 6.06. The Morgan fingerprint density at radius 1 is 1.07 bits per heavy atom. The van der Waals surface area contributed by atoms with Gasteiger partial charge in [0.2, 0.25) is 0 Å². The first-order valence-electron chi connectivity index (χ1n) is 14.4. The first-order valence-corrected chi connectivity index (χ1v) is 17.3. The minimum atomic E-state index is -2.24. The second-order valence-electron chi connectivity index (χ2n) is 12.4. The van der Waals surface area contributed by atoms with Gasteiger partial charge in [-0.1, -0.05) is 51.1 Å². The van der Waals surface area contributed by atoms with Gasteiger partial charge in [-0.3, -0.25) is 4.79 Å². The number of rotatable bonds is 14. The molecule has 7 nitrogen and oxygen atoms in total. The van der Waals surface area contributed by atoms with Crippen molar-refractivity contribution < 1.29 is 28.2 Å². The topological polar surface area (TPSA) is 91.0 Å². The van der Waals surface area contributed by atoms with E-state index in [4.69, 9.17) is 18.3 Å². The molecular formula is C33H47NO6Si. The van der Waals surface area contributed by atoms with Crippen LogP contribution in [0.3, 0.4) is 0 Å². The molecule has 0 aliphatic rings. The molecule has 3 rings (SSSR count). The zero-order chi connectivity index (χ0) is 30.4. The van der Waals surface area contributed by atoms with E-state index in [-0.39, 0.29) is 17.1 Å². The Labute approximate surface area is 246 Å². The van der Waals surface area contributed by atoms with Crippen LogP contribution in [-0.2, 0) is 22.1 Å². The molecule has 0 spiro atoms. The number of oxazole rings is 1. The van der Waals surface area contributed by atoms with E-state index in [9.17, 15) is 9.90 Å². The quantitative estimate of drug-likeness (QED) is 0.192. The summed E-state index contributed by atoms with van der Waals surface area (Å²) in [6.45, 7) is 14.8. The molecule has 0 saturated heterocycles. The highest BCUT2D eigenvalue weighted by Crippen LogP contribution is 2.45. The Morgan fingerprint density at radius 3 is 2.22 bits per heavy atom. The number of hydrogen-bond acceptors (Lipinski definition) is 6. The van der Waals surface area contributed by atoms with Gasteiger partial charge >= 0.3 is 5.97 Å². The van der Waals surface area contributed by atoms with Crippen LogP contribution in [0, 0.1) is 12.8 Å². The number of benzene rings is 2. The lowest BCUT2D eigenvalue weighted by molar-refractivity contribution is -0.138. The van der Waals surface area contributed by atoms with Crippen LogP contribution in [0.1, 0.15) is 80.9 Å². The Morgan fingerprint density at radius 2 is 1.68 bits per heavy atom. The van der Waals surface area contributed by atoms with Crippen molar-refractivity contribution >= 4 is 14.3 Å². The monoisotopic (exact) mass is 581 g/mol. The first-order chi connectivity index (χ1) is 19.3. The fourth-order valence-electron chi connectivity index (χ4n) is 4.74. The molecule has 1 heterocycles. The molecule has 3 aromatic rings. The third-order valence-corrected chi connectivity index (χ3v) is 12.9. The Hall–Kier alpha value is -3.10. The second kappa shape index (κ2) is 13.7. The van der Waals surface area contributed by atoms with Gasteiger partial charge in [-0.05, 0) is 80.4 Å². The summed E-state index contributed by atoms with van der Waals surface area (Å²) in [6, 6.07) is 14.6. The molecule has 0 bridgehead atoms. The average molecular weight is 582 g/mol. The second-order valence-corrected chi connectivity index (χ2v) is 17.2. The Bertz CT molecular complexity index is 1260. The average Bonchev–Trinajstić information content (AvgIpc) is 3.39. The lowest BCUT2D eigenvalue weighted by Crippen LogP contribution is -2.43. The minimum Gasteiger partial charge on any atom is -0.496 e. The molecule has 0 aliphatic carbocycles. The third-order valence-electron chi connectivity index (χ3n) is 8.45. The molecule has 0 aliphatic heterocycles. The van der Waals surface area contributed by atoms with E-state index >= 15 is 0 Å². The third kappa shape index (κ3) is 8.23. The lowest BCUT2D eigenvalue weighted by Gasteiger charge is -2.42. The number of aliphatic carboxylic acids is 1. The maximum atomic E-state index is 11.6. The highest BCUT2D eigenvalue weighted by molar-refractivity contribution is 6.74. The van der Waals surface area contributed by atoms with Gasteiger partial charge in [0.15, 0.2) is 14.2 Å². The van der Waals surface area contributed by atoms with Crippen LogP contribution in [0.15, 0.2) is 53.1 Å². The molecule has 1 N–H and O–H groups in total. The van der Waals surface area contributed by atoms with Crippen LogP contribution in [0.4, 0.5) is 0 Å². The van der Waals surface area contributed by atoms with E-state index < -0.39 is 20.2 Å². The molecular weight excluding hydrogens is 534 g/mol. The van der Waals surface area contributed by atoms with Crippen molar-refractivity contribution in [3.05, 3.63) is 77.0 Å². The molecule has 0 saturated carbocycles. The van der Waals surface area contributed by atoms with E-state index in [1.54, 1.807) is 21.1 Å². The molecule has 1 aromatic heterocycles. The van der Waals surface area contributed by atoms with Gasteiger partial charge in [0.1, 0.15) is 23.2 Å². The number of carbonyl (C=O) groups is 1. The fraction of sp³-hybridized carbons (Fsp3) is 0.515. The molecule has 2 aromatic carbocycles. The van der Waals surface area contributed by atoms with Crippen molar-refractivity contribution in [2.45, 2.75) is 90.5 Å². The number of ether oxygens (including phenoxy) is 2. The summed E-state index contributed by atoms with van der Waals surface area (Å²) >= 11 is 0. The SMILES string of the molecule is COc1cc(C(O[Si](C)(C)C(C)(C)C)[C@H](CCCc2ccccc2)Cc2ncc(C(C)C(=O)O)o2)cc(OC)c1C. The van der Waals surface area contributed by atoms with Crippen molar-refractivity contribution in [1.82, 2.24) is 4.98 Å². The van der Waals surface area contributed by atoms with Crippen LogP contribution in [0.5, 0.6) is 11.5 Å². The molecule has 41 heavy (non-hydrogen) atoms. The lowest BCUT2D eigenvalue weighted by atomic mass is 9.87. The molecule has 0 amide bonds. The molecule has 224 valence electrons. The van der Waals surface area contributed by atoms with Crippen LogP contribution in [-0.4, -0.2) is 38.6 Å². The summed E-state index contributed by atoms with van der Waals surface area (Å²) in [5.74, 6) is 0.683. The highest BCUT2D eigenvalue weighted by Gasteiger charge is 2.42. The highest BCUT2D eigenvalue weighted by atomic mass is 28.4. The Balaban J connectivity index is 2.07. The van der Waals surface area contributed by atoms with E-state index in [1.165, 1.54) is 11.8 Å². The zero-order valence-electron chi connectivity index (χ0n) is 26.1. The van der Waals surface area contributed by atoms with Crippen LogP contribution < -0.4 is 9.47 Å². The summed E-state index contributed by atoms with van der Waals surface area (Å²) in [7, 11) is 1.10. The smallest absolute Gasteiger partial charge is 0.313 e. The van der Waals surface area contributed by atoms with Gasteiger partial charge < -0.3 is 23.4 Å². The molecule has 2 unspecified atom stereocenters. The first kappa shape index (κ1) is 32.4. The summed E-state index contributed by atoms with van der Waals surface area (Å²) in [6.07, 6.45) is 4.53. The normalized spacial score (nSPS) is 14.4. The van der Waals surface area contributed by atoms with Crippen molar-refractivity contribution in [1.29, 1.82) is 0 Å². The number of carboxylic acid groups (broad SMARTS) is 1. The summed E-state index contributed by atoms with van der Waals surface area (Å²) in [5.41, 5.74) is 3.22. The van der Waals surface area contributed by atoms with Crippen LogP contribution in [0.25, 0.3) is 0 Å². The summed E-state index contributed by atoms with van der Waals surface area (Å²) in [5, 5.41) is 9.48. The largest absolute Gasteiger partial charge is 0.496 e. The van der Waals surface area contributed by atoms with Gasteiger partial charge in [0, 0.05) is 12.0 Å². The number of hydrogen-bond donors (Lipinski definition) is 1. The van der Waals surface area contributed by atoms with E-state index in [1.807, 2.05) is 13.0 Å². The van der Waals surface area contributed by atoms with Crippen LogP contribution in [0.2, 0.25) is 18.1 Å². The number of methoxy groups -OCH3 is 2. The molecule has 0 fully saturated rings. The number of aryl methyl sites for hydroxylation is 1. The van der Waals surface area contributed by atoms with Gasteiger partial charge in [-0.2, -0.15) is 0 Å². The van der Waals surface area contributed by atoms with Gasteiger partial charge in [-0.15, -0.1) is 0 Å². The molecule has 3 atom stereocenters.